The van der Waals surface area contributed by atoms with Crippen molar-refractivity contribution >= 4 is 5.97 Å². The summed E-state index contributed by atoms with van der Waals surface area (Å²) in [5, 5.41) is 18.7. The van der Waals surface area contributed by atoms with E-state index in [1.165, 1.54) is 12.8 Å². The SMILES string of the molecule is CCCCCC(O)/C=C/[C@H]1CCC2O/C(=C\CCCC(=O)O)CC21. The summed E-state index contributed by atoms with van der Waals surface area (Å²) < 4.78 is 6.03. The Balaban J connectivity index is 1.75. The van der Waals surface area contributed by atoms with Gasteiger partial charge in [0.25, 0.3) is 0 Å². The molecule has 1 saturated heterocycles. The quantitative estimate of drug-likeness (QED) is 0.457. The summed E-state index contributed by atoms with van der Waals surface area (Å²) in [5.41, 5.74) is 0. The summed E-state index contributed by atoms with van der Waals surface area (Å²) in [7, 11) is 0. The molecule has 2 N–H and O–H groups in total. The van der Waals surface area contributed by atoms with Crippen molar-refractivity contribution in [2.24, 2.45) is 11.8 Å². The van der Waals surface area contributed by atoms with Crippen LogP contribution < -0.4 is 0 Å². The number of carbonyl (C=O) groups is 1. The van der Waals surface area contributed by atoms with E-state index in [2.05, 4.69) is 19.1 Å². The molecule has 0 bridgehead atoms. The number of ether oxygens (including phenoxy) is 1. The van der Waals surface area contributed by atoms with Crippen LogP contribution in [-0.4, -0.2) is 28.4 Å². The average Bonchev–Trinajstić information content (AvgIpc) is 3.10. The second-order valence-corrected chi connectivity index (χ2v) is 7.17. The first kappa shape index (κ1) is 19.0. The molecule has 2 aliphatic rings. The number of rotatable bonds is 10. The van der Waals surface area contributed by atoms with E-state index in [1.807, 2.05) is 6.08 Å². The first-order chi connectivity index (χ1) is 11.6. The second kappa shape index (κ2) is 9.87. The zero-order chi connectivity index (χ0) is 17.4. The van der Waals surface area contributed by atoms with Crippen LogP contribution in [0.4, 0.5) is 0 Å². The summed E-state index contributed by atoms with van der Waals surface area (Å²) in [6.45, 7) is 2.17. The highest BCUT2D eigenvalue weighted by Gasteiger charge is 2.41. The lowest BCUT2D eigenvalue weighted by molar-refractivity contribution is -0.137. The van der Waals surface area contributed by atoms with E-state index in [1.54, 1.807) is 0 Å². The predicted octanol–water partition coefficient (Wildman–Crippen LogP) is 4.44. The Morgan fingerprint density at radius 3 is 2.92 bits per heavy atom. The fourth-order valence-corrected chi connectivity index (χ4v) is 3.82. The van der Waals surface area contributed by atoms with Gasteiger partial charge in [-0.2, -0.15) is 0 Å². The molecular weight excluding hydrogens is 304 g/mol. The van der Waals surface area contributed by atoms with E-state index in [-0.39, 0.29) is 12.5 Å². The van der Waals surface area contributed by atoms with Gasteiger partial charge in [-0.1, -0.05) is 38.3 Å². The topological polar surface area (TPSA) is 66.8 Å². The Labute approximate surface area is 145 Å². The largest absolute Gasteiger partial charge is 0.495 e. The van der Waals surface area contributed by atoms with E-state index in [4.69, 9.17) is 9.84 Å². The molecule has 0 aromatic heterocycles. The highest BCUT2D eigenvalue weighted by Crippen LogP contribution is 2.45. The van der Waals surface area contributed by atoms with Crippen molar-refractivity contribution in [2.75, 3.05) is 0 Å². The minimum atomic E-state index is -0.736. The summed E-state index contributed by atoms with van der Waals surface area (Å²) in [5.74, 6) is 1.33. The number of aliphatic carboxylic acids is 1. The molecule has 3 unspecified atom stereocenters. The molecule has 1 aliphatic heterocycles. The lowest BCUT2D eigenvalue weighted by Crippen LogP contribution is -2.12. The smallest absolute Gasteiger partial charge is 0.303 e. The lowest BCUT2D eigenvalue weighted by atomic mass is 9.91. The van der Waals surface area contributed by atoms with Crippen LogP contribution in [0.5, 0.6) is 0 Å². The van der Waals surface area contributed by atoms with Gasteiger partial charge < -0.3 is 14.9 Å². The van der Waals surface area contributed by atoms with Crippen LogP contribution in [0.2, 0.25) is 0 Å². The van der Waals surface area contributed by atoms with Crippen LogP contribution in [0.3, 0.4) is 0 Å². The number of aliphatic hydroxyl groups excluding tert-OH is 1. The molecule has 136 valence electrons. The molecule has 1 heterocycles. The predicted molar refractivity (Wildman–Crippen MR) is 94.6 cm³/mol. The van der Waals surface area contributed by atoms with E-state index in [0.29, 0.717) is 24.4 Å². The molecule has 0 aromatic carbocycles. The molecule has 4 nitrogen and oxygen atoms in total. The van der Waals surface area contributed by atoms with E-state index < -0.39 is 5.97 Å². The van der Waals surface area contributed by atoms with Crippen LogP contribution >= 0.6 is 0 Å². The number of hydrogen-bond donors (Lipinski definition) is 2. The Morgan fingerprint density at radius 2 is 2.17 bits per heavy atom. The van der Waals surface area contributed by atoms with Crippen LogP contribution in [-0.2, 0) is 9.53 Å². The fourth-order valence-electron chi connectivity index (χ4n) is 3.82. The highest BCUT2D eigenvalue weighted by atomic mass is 16.5. The van der Waals surface area contributed by atoms with Gasteiger partial charge >= 0.3 is 5.97 Å². The van der Waals surface area contributed by atoms with Gasteiger partial charge in [0.15, 0.2) is 0 Å². The van der Waals surface area contributed by atoms with Gasteiger partial charge in [-0.3, -0.25) is 4.79 Å². The summed E-state index contributed by atoms with van der Waals surface area (Å²) in [6.07, 6.45) is 15.4. The first-order valence-electron chi connectivity index (χ1n) is 9.54. The highest BCUT2D eigenvalue weighted by molar-refractivity contribution is 5.66. The molecule has 2 fully saturated rings. The second-order valence-electron chi connectivity index (χ2n) is 7.17. The third-order valence-corrected chi connectivity index (χ3v) is 5.20. The molecule has 0 radical (unpaired) electrons. The fraction of sp³-hybridized carbons (Fsp3) is 0.750. The monoisotopic (exact) mass is 336 g/mol. The molecule has 4 atom stereocenters. The van der Waals surface area contributed by atoms with Gasteiger partial charge in [-0.25, -0.2) is 0 Å². The molecule has 1 saturated carbocycles. The van der Waals surface area contributed by atoms with Crippen molar-refractivity contribution in [3.8, 4) is 0 Å². The number of carboxylic acid groups (broad SMARTS) is 1. The third-order valence-electron chi connectivity index (χ3n) is 5.20. The van der Waals surface area contributed by atoms with E-state index in [9.17, 15) is 9.90 Å². The van der Waals surface area contributed by atoms with Crippen LogP contribution in [0.1, 0.15) is 71.1 Å². The summed E-state index contributed by atoms with van der Waals surface area (Å²) in [6, 6.07) is 0. The molecule has 0 amide bonds. The Bertz CT molecular complexity index is 455. The van der Waals surface area contributed by atoms with Gasteiger partial charge in [-0.15, -0.1) is 0 Å². The van der Waals surface area contributed by atoms with E-state index >= 15 is 0 Å². The molecule has 24 heavy (non-hydrogen) atoms. The van der Waals surface area contributed by atoms with Crippen LogP contribution in [0, 0.1) is 11.8 Å². The molecular formula is C20H32O4. The van der Waals surface area contributed by atoms with E-state index in [0.717, 1.165) is 44.3 Å². The molecule has 0 spiro atoms. The van der Waals surface area contributed by atoms with Crippen molar-refractivity contribution < 1.29 is 19.7 Å². The zero-order valence-electron chi connectivity index (χ0n) is 14.8. The maximum Gasteiger partial charge on any atom is 0.303 e. The number of allylic oxidation sites excluding steroid dienone is 3. The Hall–Kier alpha value is -1.29. The maximum atomic E-state index is 10.5. The standard InChI is InChI=1S/C20H32O4/c1-2-3-4-7-16(21)12-10-15-11-13-19-18(15)14-17(24-19)8-5-6-9-20(22)23/h8,10,12,15-16,18-19,21H,2-7,9,11,13-14H2,1H3,(H,22,23)/b12-10+,17-8-/t15-,16?,18?,19?/m0/s1. The normalized spacial score (nSPS) is 29.1. The number of fused-ring (bicyclic) bond motifs is 1. The van der Waals surface area contributed by atoms with Gasteiger partial charge in [0, 0.05) is 18.8 Å². The summed E-state index contributed by atoms with van der Waals surface area (Å²) >= 11 is 0. The lowest BCUT2D eigenvalue weighted by Gasteiger charge is -2.13. The van der Waals surface area contributed by atoms with Crippen LogP contribution in [0.25, 0.3) is 0 Å². The van der Waals surface area contributed by atoms with Crippen molar-refractivity contribution in [3.05, 3.63) is 24.0 Å². The number of unbranched alkanes of at least 4 members (excludes halogenated alkanes) is 3. The molecule has 0 aromatic rings. The number of hydrogen-bond acceptors (Lipinski definition) is 3. The zero-order valence-corrected chi connectivity index (χ0v) is 14.8. The Kier molecular flexibility index (Phi) is 7.83. The van der Waals surface area contributed by atoms with Crippen molar-refractivity contribution in [1.82, 2.24) is 0 Å². The molecule has 4 heteroatoms. The minimum Gasteiger partial charge on any atom is -0.495 e. The third kappa shape index (κ3) is 5.97. The Morgan fingerprint density at radius 1 is 1.33 bits per heavy atom. The van der Waals surface area contributed by atoms with Crippen molar-refractivity contribution in [3.63, 3.8) is 0 Å². The van der Waals surface area contributed by atoms with Crippen molar-refractivity contribution in [1.29, 1.82) is 0 Å². The first-order valence-corrected chi connectivity index (χ1v) is 9.54. The molecule has 1 aliphatic carbocycles. The van der Waals surface area contributed by atoms with Gasteiger partial charge in [0.05, 0.1) is 11.9 Å². The van der Waals surface area contributed by atoms with Crippen molar-refractivity contribution in [2.45, 2.75) is 83.3 Å². The minimum absolute atomic E-state index is 0.220. The van der Waals surface area contributed by atoms with Gasteiger partial charge in [0.2, 0.25) is 0 Å². The average molecular weight is 336 g/mol. The van der Waals surface area contributed by atoms with Crippen LogP contribution in [0.15, 0.2) is 24.0 Å². The molecule has 2 rings (SSSR count). The van der Waals surface area contributed by atoms with Gasteiger partial charge in [-0.05, 0) is 44.1 Å². The number of aliphatic hydroxyl groups is 1. The van der Waals surface area contributed by atoms with Gasteiger partial charge in [0.1, 0.15) is 6.10 Å². The summed E-state index contributed by atoms with van der Waals surface area (Å²) in [4.78, 5) is 10.5. The maximum absolute atomic E-state index is 10.5. The number of carboxylic acids is 1.